The first-order valence-electron chi connectivity index (χ1n) is 8.75. The standard InChI is InChI=1S/C21H19N3O/c1-12-15-11-16-18(21(25)17(12)15)20(23-14-5-3-2-4-6-14)19(24-16)13-7-9-22-10-8-13/h2-10,12,15,17,23-24H,11H2,1H3/t12-,15+,17-/m1/s1. The quantitative estimate of drug-likeness (QED) is 0.747. The highest BCUT2D eigenvalue weighted by molar-refractivity contribution is 6.10. The molecule has 1 saturated carbocycles. The molecule has 0 amide bonds. The smallest absolute Gasteiger partial charge is 0.170 e. The van der Waals surface area contributed by atoms with Gasteiger partial charge in [0.05, 0.1) is 16.9 Å². The number of rotatable bonds is 3. The predicted molar refractivity (Wildman–Crippen MR) is 97.9 cm³/mol. The van der Waals surface area contributed by atoms with Gasteiger partial charge in [-0.05, 0) is 42.5 Å². The fraction of sp³-hybridized carbons (Fsp3) is 0.238. The van der Waals surface area contributed by atoms with Crippen LogP contribution in [0.1, 0.15) is 23.0 Å². The number of ketones is 1. The van der Waals surface area contributed by atoms with Crippen LogP contribution in [0.3, 0.4) is 0 Å². The number of nitrogens with zero attached hydrogens (tertiary/aromatic N) is 1. The molecule has 4 nitrogen and oxygen atoms in total. The Kier molecular flexibility index (Phi) is 3.07. The van der Waals surface area contributed by atoms with Crippen molar-refractivity contribution in [2.45, 2.75) is 13.3 Å². The Morgan fingerprint density at radius 2 is 1.88 bits per heavy atom. The van der Waals surface area contributed by atoms with Gasteiger partial charge in [0.1, 0.15) is 0 Å². The van der Waals surface area contributed by atoms with Crippen LogP contribution in [-0.4, -0.2) is 15.8 Å². The maximum absolute atomic E-state index is 13.1. The normalized spacial score (nSPS) is 23.7. The number of H-pyrrole nitrogens is 1. The van der Waals surface area contributed by atoms with Crippen molar-refractivity contribution >= 4 is 17.2 Å². The Bertz CT molecular complexity index is 946. The summed E-state index contributed by atoms with van der Waals surface area (Å²) in [5.41, 5.74) is 5.81. The third kappa shape index (κ3) is 2.21. The highest BCUT2D eigenvalue weighted by Crippen LogP contribution is 2.55. The number of Topliss-reactive ketones (excluding diaryl/α,β-unsaturated/α-hetero) is 1. The van der Waals surface area contributed by atoms with Crippen LogP contribution in [0.15, 0.2) is 54.9 Å². The number of hydrogen-bond acceptors (Lipinski definition) is 3. The zero-order valence-electron chi connectivity index (χ0n) is 14.0. The Morgan fingerprint density at radius 1 is 1.12 bits per heavy atom. The van der Waals surface area contributed by atoms with Crippen molar-refractivity contribution < 1.29 is 4.79 Å². The van der Waals surface area contributed by atoms with Gasteiger partial charge in [0.25, 0.3) is 0 Å². The molecule has 2 aliphatic rings. The average Bonchev–Trinajstić information content (AvgIpc) is 3.15. The second-order valence-electron chi connectivity index (χ2n) is 7.07. The lowest BCUT2D eigenvalue weighted by molar-refractivity contribution is 0.0951. The van der Waals surface area contributed by atoms with Gasteiger partial charge in [0.15, 0.2) is 5.78 Å². The number of pyridine rings is 1. The van der Waals surface area contributed by atoms with Gasteiger partial charge in [-0.2, -0.15) is 0 Å². The van der Waals surface area contributed by atoms with E-state index >= 15 is 0 Å². The summed E-state index contributed by atoms with van der Waals surface area (Å²) >= 11 is 0. The van der Waals surface area contributed by atoms with E-state index in [-0.39, 0.29) is 11.7 Å². The van der Waals surface area contributed by atoms with E-state index < -0.39 is 0 Å². The van der Waals surface area contributed by atoms with Gasteiger partial charge in [-0.1, -0.05) is 25.1 Å². The third-order valence-electron chi connectivity index (χ3n) is 5.64. The summed E-state index contributed by atoms with van der Waals surface area (Å²) in [5, 5.41) is 3.49. The number of hydrogen-bond donors (Lipinski definition) is 2. The topological polar surface area (TPSA) is 57.8 Å². The molecule has 0 radical (unpaired) electrons. The van der Waals surface area contributed by atoms with Crippen molar-refractivity contribution in [3.05, 3.63) is 66.1 Å². The molecule has 0 saturated heterocycles. The number of anilines is 2. The Labute approximate surface area is 146 Å². The summed E-state index contributed by atoms with van der Waals surface area (Å²) in [6, 6.07) is 14.0. The largest absolute Gasteiger partial charge is 0.356 e. The summed E-state index contributed by atoms with van der Waals surface area (Å²) in [7, 11) is 0. The average molecular weight is 329 g/mol. The molecular weight excluding hydrogens is 310 g/mol. The molecule has 1 fully saturated rings. The number of nitrogens with one attached hydrogen (secondary N) is 2. The summed E-state index contributed by atoms with van der Waals surface area (Å²) < 4.78 is 0. The van der Waals surface area contributed by atoms with Crippen LogP contribution in [0.25, 0.3) is 11.3 Å². The van der Waals surface area contributed by atoms with Crippen LogP contribution >= 0.6 is 0 Å². The van der Waals surface area contributed by atoms with Crippen LogP contribution in [0.2, 0.25) is 0 Å². The molecule has 0 spiro atoms. The summed E-state index contributed by atoms with van der Waals surface area (Å²) in [4.78, 5) is 20.7. The van der Waals surface area contributed by atoms with Crippen LogP contribution in [0.4, 0.5) is 11.4 Å². The minimum atomic E-state index is 0.199. The monoisotopic (exact) mass is 329 g/mol. The van der Waals surface area contributed by atoms with Crippen molar-refractivity contribution in [2.75, 3.05) is 5.32 Å². The lowest BCUT2D eigenvalue weighted by Crippen LogP contribution is -2.14. The van der Waals surface area contributed by atoms with Crippen LogP contribution in [-0.2, 0) is 6.42 Å². The Hall–Kier alpha value is -2.88. The lowest BCUT2D eigenvalue weighted by atomic mass is 9.95. The highest BCUT2D eigenvalue weighted by Gasteiger charge is 2.55. The lowest BCUT2D eigenvalue weighted by Gasteiger charge is -2.13. The van der Waals surface area contributed by atoms with Gasteiger partial charge < -0.3 is 10.3 Å². The van der Waals surface area contributed by atoms with Crippen LogP contribution in [0, 0.1) is 17.8 Å². The number of aromatic nitrogens is 2. The molecule has 124 valence electrons. The van der Waals surface area contributed by atoms with Gasteiger partial charge in [-0.25, -0.2) is 0 Å². The van der Waals surface area contributed by atoms with Gasteiger partial charge in [-0.3, -0.25) is 9.78 Å². The van der Waals surface area contributed by atoms with Crippen LogP contribution < -0.4 is 5.32 Å². The molecule has 2 aliphatic carbocycles. The van der Waals surface area contributed by atoms with Gasteiger partial charge in [0.2, 0.25) is 0 Å². The molecule has 2 heterocycles. The van der Waals surface area contributed by atoms with E-state index in [0.717, 1.165) is 40.3 Å². The van der Waals surface area contributed by atoms with Crippen molar-refractivity contribution in [3.63, 3.8) is 0 Å². The Balaban J connectivity index is 1.66. The minimum Gasteiger partial charge on any atom is -0.356 e. The summed E-state index contributed by atoms with van der Waals surface area (Å²) in [6.07, 6.45) is 4.52. The first-order chi connectivity index (χ1) is 12.2. The second-order valence-corrected chi connectivity index (χ2v) is 7.07. The number of carbonyl (C=O) groups is 1. The van der Waals surface area contributed by atoms with E-state index in [1.54, 1.807) is 12.4 Å². The van der Waals surface area contributed by atoms with Crippen molar-refractivity contribution in [1.29, 1.82) is 0 Å². The van der Waals surface area contributed by atoms with Gasteiger partial charge in [0, 0.05) is 35.3 Å². The number of para-hydroxylation sites is 1. The number of fused-ring (bicyclic) bond motifs is 2. The number of aromatic amines is 1. The Morgan fingerprint density at radius 3 is 2.64 bits per heavy atom. The van der Waals surface area contributed by atoms with Gasteiger partial charge >= 0.3 is 0 Å². The number of benzene rings is 1. The molecule has 3 aromatic rings. The minimum absolute atomic E-state index is 0.199. The van der Waals surface area contributed by atoms with Crippen LogP contribution in [0.5, 0.6) is 0 Å². The molecule has 5 rings (SSSR count). The van der Waals surface area contributed by atoms with Gasteiger partial charge in [-0.15, -0.1) is 0 Å². The zero-order valence-corrected chi connectivity index (χ0v) is 14.0. The predicted octanol–water partition coefficient (Wildman–Crippen LogP) is 4.44. The molecule has 0 bridgehead atoms. The van der Waals surface area contributed by atoms with E-state index in [9.17, 15) is 4.79 Å². The summed E-state index contributed by atoms with van der Waals surface area (Å²) in [6.45, 7) is 2.19. The molecule has 1 aromatic carbocycles. The highest BCUT2D eigenvalue weighted by atomic mass is 16.1. The number of carbonyl (C=O) groups excluding carboxylic acids is 1. The molecule has 0 unspecified atom stereocenters. The molecule has 0 aliphatic heterocycles. The molecule has 2 N–H and O–H groups in total. The zero-order chi connectivity index (χ0) is 17.0. The first-order valence-corrected chi connectivity index (χ1v) is 8.75. The fourth-order valence-corrected chi connectivity index (χ4v) is 4.20. The van der Waals surface area contributed by atoms with E-state index in [2.05, 4.69) is 22.2 Å². The van der Waals surface area contributed by atoms with E-state index in [4.69, 9.17) is 0 Å². The summed E-state index contributed by atoms with van der Waals surface area (Å²) in [5.74, 6) is 1.49. The third-order valence-corrected chi connectivity index (χ3v) is 5.64. The van der Waals surface area contributed by atoms with Crippen molar-refractivity contribution in [3.8, 4) is 11.3 Å². The van der Waals surface area contributed by atoms with E-state index in [1.165, 1.54) is 0 Å². The molecule has 2 aromatic heterocycles. The molecule has 3 atom stereocenters. The SMILES string of the molecule is C[C@@H]1[C@@H]2Cc3[nH]c(-c4ccncc4)c(Nc4ccccc4)c3C(=O)[C@H]12. The molecular formula is C21H19N3O. The molecule has 4 heteroatoms. The molecule has 25 heavy (non-hydrogen) atoms. The second kappa shape index (κ2) is 5.31. The van der Waals surface area contributed by atoms with E-state index in [1.807, 2.05) is 42.5 Å². The van der Waals surface area contributed by atoms with E-state index in [0.29, 0.717) is 11.8 Å². The fourth-order valence-electron chi connectivity index (χ4n) is 4.20. The first kappa shape index (κ1) is 14.5. The maximum Gasteiger partial charge on any atom is 0.170 e. The van der Waals surface area contributed by atoms with Crippen molar-refractivity contribution in [2.24, 2.45) is 17.8 Å². The maximum atomic E-state index is 13.1. The van der Waals surface area contributed by atoms with Crippen molar-refractivity contribution in [1.82, 2.24) is 9.97 Å².